The fourth-order valence-electron chi connectivity index (χ4n) is 2.65. The van der Waals surface area contributed by atoms with E-state index in [1.165, 1.54) is 0 Å². The van der Waals surface area contributed by atoms with Crippen molar-refractivity contribution in [3.63, 3.8) is 0 Å². The Morgan fingerprint density at radius 1 is 1.33 bits per heavy atom. The van der Waals surface area contributed by atoms with Gasteiger partial charge in [0, 0.05) is 25.0 Å². The van der Waals surface area contributed by atoms with E-state index in [0.29, 0.717) is 13.1 Å². The van der Waals surface area contributed by atoms with E-state index in [2.05, 4.69) is 0 Å². The van der Waals surface area contributed by atoms with Crippen molar-refractivity contribution < 1.29 is 9.90 Å². The van der Waals surface area contributed by atoms with Crippen molar-refractivity contribution in [1.82, 2.24) is 4.90 Å². The minimum atomic E-state index is -0.314. The Kier molecular flexibility index (Phi) is 3.26. The SMILES string of the molecule is NC1CCCC(C(=O)N2CC[C@@H](O)C2)C1. The number of nitrogens with two attached hydrogens (primary N) is 1. The van der Waals surface area contributed by atoms with Gasteiger partial charge >= 0.3 is 0 Å². The van der Waals surface area contributed by atoms with E-state index in [0.717, 1.165) is 32.1 Å². The number of β-amino-alcohol motifs (C(OH)–C–C–N with tert-alkyl or cyclic N) is 1. The molecule has 15 heavy (non-hydrogen) atoms. The molecule has 1 saturated carbocycles. The lowest BCUT2D eigenvalue weighted by Crippen LogP contribution is -2.39. The summed E-state index contributed by atoms with van der Waals surface area (Å²) in [6, 6.07) is 0.195. The quantitative estimate of drug-likeness (QED) is 0.647. The maximum Gasteiger partial charge on any atom is 0.225 e. The van der Waals surface area contributed by atoms with Gasteiger partial charge in [-0.1, -0.05) is 6.42 Å². The molecule has 1 amide bonds. The second-order valence-corrected chi connectivity index (χ2v) is 4.85. The molecule has 1 aliphatic carbocycles. The summed E-state index contributed by atoms with van der Waals surface area (Å²) in [5, 5.41) is 9.38. The third kappa shape index (κ3) is 2.49. The maximum atomic E-state index is 12.1. The number of carbonyl (C=O) groups is 1. The van der Waals surface area contributed by atoms with E-state index >= 15 is 0 Å². The van der Waals surface area contributed by atoms with E-state index in [-0.39, 0.29) is 24.0 Å². The molecule has 2 fully saturated rings. The highest BCUT2D eigenvalue weighted by Crippen LogP contribution is 2.26. The van der Waals surface area contributed by atoms with Crippen molar-refractivity contribution >= 4 is 5.91 Å². The van der Waals surface area contributed by atoms with Crippen LogP contribution >= 0.6 is 0 Å². The van der Waals surface area contributed by atoms with Gasteiger partial charge in [-0.2, -0.15) is 0 Å². The first-order chi connectivity index (χ1) is 7.16. The zero-order valence-corrected chi connectivity index (χ0v) is 9.06. The van der Waals surface area contributed by atoms with Gasteiger partial charge in [-0.25, -0.2) is 0 Å². The number of nitrogens with zero attached hydrogens (tertiary/aromatic N) is 1. The van der Waals surface area contributed by atoms with E-state index in [4.69, 9.17) is 5.73 Å². The van der Waals surface area contributed by atoms with Crippen molar-refractivity contribution in [3.8, 4) is 0 Å². The lowest BCUT2D eigenvalue weighted by atomic mass is 9.85. The minimum absolute atomic E-state index is 0.110. The van der Waals surface area contributed by atoms with Crippen LogP contribution in [0.25, 0.3) is 0 Å². The van der Waals surface area contributed by atoms with Crippen LogP contribution in [-0.4, -0.2) is 41.1 Å². The molecule has 0 aromatic heterocycles. The van der Waals surface area contributed by atoms with E-state index in [9.17, 15) is 9.90 Å². The second kappa shape index (κ2) is 4.49. The Morgan fingerprint density at radius 2 is 2.13 bits per heavy atom. The molecule has 86 valence electrons. The van der Waals surface area contributed by atoms with Crippen LogP contribution < -0.4 is 5.73 Å². The van der Waals surface area contributed by atoms with Gasteiger partial charge in [0.05, 0.1) is 6.10 Å². The van der Waals surface area contributed by atoms with Crippen LogP contribution in [0.2, 0.25) is 0 Å². The summed E-state index contributed by atoms with van der Waals surface area (Å²) in [4.78, 5) is 13.8. The molecule has 0 spiro atoms. The Bertz CT molecular complexity index is 245. The van der Waals surface area contributed by atoms with Crippen LogP contribution in [0.4, 0.5) is 0 Å². The standard InChI is InChI=1S/C11H20N2O2/c12-9-3-1-2-8(6-9)11(15)13-5-4-10(14)7-13/h8-10,14H,1-7,12H2/t8?,9?,10-/m1/s1. The molecule has 0 radical (unpaired) electrons. The van der Waals surface area contributed by atoms with Crippen molar-refractivity contribution in [2.75, 3.05) is 13.1 Å². The van der Waals surface area contributed by atoms with Gasteiger partial charge in [0.1, 0.15) is 0 Å². The smallest absolute Gasteiger partial charge is 0.225 e. The molecule has 1 aliphatic heterocycles. The number of rotatable bonds is 1. The molecule has 4 heteroatoms. The zero-order chi connectivity index (χ0) is 10.8. The molecular weight excluding hydrogens is 192 g/mol. The fraction of sp³-hybridized carbons (Fsp3) is 0.909. The summed E-state index contributed by atoms with van der Waals surface area (Å²) in [6.07, 6.45) is 4.32. The average Bonchev–Trinajstić information content (AvgIpc) is 2.64. The van der Waals surface area contributed by atoms with Crippen molar-refractivity contribution in [2.45, 2.75) is 44.2 Å². The zero-order valence-electron chi connectivity index (χ0n) is 9.06. The number of amides is 1. The molecule has 0 bridgehead atoms. The van der Waals surface area contributed by atoms with Gasteiger partial charge in [-0.15, -0.1) is 0 Å². The Labute approximate surface area is 90.4 Å². The molecule has 2 rings (SSSR count). The molecule has 1 saturated heterocycles. The van der Waals surface area contributed by atoms with Crippen LogP contribution in [0.15, 0.2) is 0 Å². The normalized spacial score (nSPS) is 36.9. The van der Waals surface area contributed by atoms with Crippen LogP contribution in [0.1, 0.15) is 32.1 Å². The Balaban J connectivity index is 1.89. The van der Waals surface area contributed by atoms with Gasteiger partial charge in [-0.05, 0) is 25.7 Å². The Hall–Kier alpha value is -0.610. The number of likely N-dealkylation sites (tertiary alicyclic amines) is 1. The predicted molar refractivity (Wildman–Crippen MR) is 57.1 cm³/mol. The fourth-order valence-corrected chi connectivity index (χ4v) is 2.65. The lowest BCUT2D eigenvalue weighted by molar-refractivity contribution is -0.136. The molecule has 3 N–H and O–H groups in total. The molecule has 0 aromatic rings. The Morgan fingerprint density at radius 3 is 2.73 bits per heavy atom. The van der Waals surface area contributed by atoms with Crippen LogP contribution in [0.3, 0.4) is 0 Å². The number of hydrogen-bond donors (Lipinski definition) is 2. The molecule has 1 heterocycles. The molecule has 4 nitrogen and oxygen atoms in total. The first-order valence-electron chi connectivity index (χ1n) is 5.89. The number of aliphatic hydroxyl groups excluding tert-OH is 1. The highest BCUT2D eigenvalue weighted by Gasteiger charge is 2.32. The van der Waals surface area contributed by atoms with Crippen LogP contribution in [0.5, 0.6) is 0 Å². The molecule has 2 aliphatic rings. The largest absolute Gasteiger partial charge is 0.391 e. The monoisotopic (exact) mass is 212 g/mol. The molecule has 0 aromatic carbocycles. The number of carbonyl (C=O) groups excluding carboxylic acids is 1. The highest BCUT2D eigenvalue weighted by molar-refractivity contribution is 5.79. The first-order valence-corrected chi connectivity index (χ1v) is 5.89. The summed E-state index contributed by atoms with van der Waals surface area (Å²) in [5.74, 6) is 0.320. The summed E-state index contributed by atoms with van der Waals surface area (Å²) in [5.41, 5.74) is 5.87. The van der Waals surface area contributed by atoms with Crippen molar-refractivity contribution in [3.05, 3.63) is 0 Å². The number of aliphatic hydroxyl groups is 1. The average molecular weight is 212 g/mol. The summed E-state index contributed by atoms with van der Waals surface area (Å²) < 4.78 is 0. The lowest BCUT2D eigenvalue weighted by Gasteiger charge is -2.29. The van der Waals surface area contributed by atoms with Crippen LogP contribution in [0, 0.1) is 5.92 Å². The third-order valence-corrected chi connectivity index (χ3v) is 3.54. The van der Waals surface area contributed by atoms with E-state index in [1.807, 2.05) is 0 Å². The van der Waals surface area contributed by atoms with Gasteiger partial charge in [0.25, 0.3) is 0 Å². The van der Waals surface area contributed by atoms with Gasteiger partial charge in [0.15, 0.2) is 0 Å². The summed E-state index contributed by atoms with van der Waals surface area (Å²) in [7, 11) is 0. The summed E-state index contributed by atoms with van der Waals surface area (Å²) >= 11 is 0. The molecular formula is C11H20N2O2. The van der Waals surface area contributed by atoms with Gasteiger partial charge in [-0.3, -0.25) is 4.79 Å². The van der Waals surface area contributed by atoms with Crippen LogP contribution in [-0.2, 0) is 4.79 Å². The molecule has 2 unspecified atom stereocenters. The van der Waals surface area contributed by atoms with Crippen molar-refractivity contribution in [2.24, 2.45) is 11.7 Å². The van der Waals surface area contributed by atoms with E-state index in [1.54, 1.807) is 4.90 Å². The van der Waals surface area contributed by atoms with Crippen molar-refractivity contribution in [1.29, 1.82) is 0 Å². The third-order valence-electron chi connectivity index (χ3n) is 3.54. The second-order valence-electron chi connectivity index (χ2n) is 4.85. The van der Waals surface area contributed by atoms with Gasteiger partial charge < -0.3 is 15.7 Å². The predicted octanol–water partition coefficient (Wildman–Crippen LogP) is 0.0971. The summed E-state index contributed by atoms with van der Waals surface area (Å²) in [6.45, 7) is 1.23. The van der Waals surface area contributed by atoms with E-state index < -0.39 is 0 Å². The van der Waals surface area contributed by atoms with Gasteiger partial charge in [0.2, 0.25) is 5.91 Å². The minimum Gasteiger partial charge on any atom is -0.391 e. The topological polar surface area (TPSA) is 66.6 Å². The number of hydrogen-bond acceptors (Lipinski definition) is 3. The highest BCUT2D eigenvalue weighted by atomic mass is 16.3. The maximum absolute atomic E-state index is 12.1. The molecule has 3 atom stereocenters. The first kappa shape index (κ1) is 10.9.